The summed E-state index contributed by atoms with van der Waals surface area (Å²) in [4.78, 5) is 30.3. The average Bonchev–Trinajstić information content (AvgIpc) is 2.85. The molecule has 2 aromatic heterocycles. The van der Waals surface area contributed by atoms with Crippen molar-refractivity contribution in [1.82, 2.24) is 14.7 Å². The number of nitrogens with one attached hydrogen (secondary N) is 1. The number of fused-ring (bicyclic) bond motifs is 1. The largest absolute Gasteiger partial charge is 0.504 e. The van der Waals surface area contributed by atoms with E-state index in [2.05, 4.69) is 10.3 Å². The molecular weight excluding hydrogens is 450 g/mol. The molecule has 0 unspecified atom stereocenters. The third-order valence-electron chi connectivity index (χ3n) is 5.78. The Kier molecular flexibility index (Phi) is 6.86. The zero-order valence-corrected chi connectivity index (χ0v) is 19.0. The Bertz CT molecular complexity index is 1420. The van der Waals surface area contributed by atoms with Gasteiger partial charge < -0.3 is 25.4 Å². The maximum Gasteiger partial charge on any atom is 0.265 e. The Morgan fingerprint density at radius 3 is 2.54 bits per heavy atom. The Morgan fingerprint density at radius 2 is 1.83 bits per heavy atom. The maximum absolute atomic E-state index is 13.3. The molecule has 4 rings (SSSR count). The summed E-state index contributed by atoms with van der Waals surface area (Å²) in [5.74, 6) is -1.33. The van der Waals surface area contributed by atoms with E-state index in [4.69, 9.17) is 4.74 Å². The second-order valence-corrected chi connectivity index (χ2v) is 8.04. The van der Waals surface area contributed by atoms with Crippen LogP contribution in [-0.2, 0) is 11.2 Å². The van der Waals surface area contributed by atoms with Gasteiger partial charge in [-0.25, -0.2) is 0 Å². The van der Waals surface area contributed by atoms with Crippen molar-refractivity contribution in [3.05, 3.63) is 93.9 Å². The van der Waals surface area contributed by atoms with Crippen molar-refractivity contribution in [3.8, 4) is 23.1 Å². The van der Waals surface area contributed by atoms with E-state index in [1.54, 1.807) is 61.8 Å². The van der Waals surface area contributed by atoms with E-state index in [-0.39, 0.29) is 35.9 Å². The highest BCUT2D eigenvalue weighted by Crippen LogP contribution is 2.32. The van der Waals surface area contributed by atoms with Crippen LogP contribution in [0, 0.1) is 0 Å². The molecule has 0 saturated carbocycles. The van der Waals surface area contributed by atoms with Crippen LogP contribution in [-0.4, -0.2) is 44.3 Å². The number of aromatic nitrogens is 2. The summed E-state index contributed by atoms with van der Waals surface area (Å²) in [5, 5.41) is 32.6. The first-order valence-electron chi connectivity index (χ1n) is 11.0. The summed E-state index contributed by atoms with van der Waals surface area (Å²) in [7, 11) is 1.54. The second-order valence-electron chi connectivity index (χ2n) is 8.04. The van der Waals surface area contributed by atoms with Crippen LogP contribution in [0.25, 0.3) is 5.65 Å². The van der Waals surface area contributed by atoms with Crippen molar-refractivity contribution < 1.29 is 24.9 Å². The van der Waals surface area contributed by atoms with Gasteiger partial charge in [0.15, 0.2) is 11.5 Å². The van der Waals surface area contributed by atoms with E-state index in [1.807, 2.05) is 0 Å². The molecule has 1 atom stereocenters. The molecule has 35 heavy (non-hydrogen) atoms. The van der Waals surface area contributed by atoms with Gasteiger partial charge in [0.05, 0.1) is 12.7 Å². The molecule has 0 spiro atoms. The molecule has 0 saturated heterocycles. The highest BCUT2D eigenvalue weighted by atomic mass is 16.5. The fourth-order valence-electron chi connectivity index (χ4n) is 3.95. The van der Waals surface area contributed by atoms with Crippen LogP contribution in [0.15, 0.2) is 71.7 Å². The van der Waals surface area contributed by atoms with Crippen molar-refractivity contribution in [2.24, 2.45) is 0 Å². The molecule has 1 amide bonds. The van der Waals surface area contributed by atoms with E-state index in [0.29, 0.717) is 23.4 Å². The number of ether oxygens (including phenoxy) is 1. The Morgan fingerprint density at radius 1 is 1.06 bits per heavy atom. The molecule has 9 heteroatoms. The van der Waals surface area contributed by atoms with Crippen molar-refractivity contribution in [3.63, 3.8) is 0 Å². The highest BCUT2D eigenvalue weighted by Gasteiger charge is 2.26. The van der Waals surface area contributed by atoms with Crippen molar-refractivity contribution in [2.45, 2.75) is 18.8 Å². The molecule has 0 aliphatic heterocycles. The summed E-state index contributed by atoms with van der Waals surface area (Å²) in [6, 6.07) is 16.4. The molecule has 9 nitrogen and oxygen atoms in total. The lowest BCUT2D eigenvalue weighted by molar-refractivity contribution is -0.121. The highest BCUT2D eigenvalue weighted by molar-refractivity contribution is 5.77. The van der Waals surface area contributed by atoms with E-state index in [9.17, 15) is 24.9 Å². The Hall–Kier alpha value is -4.53. The minimum Gasteiger partial charge on any atom is -0.504 e. The van der Waals surface area contributed by atoms with Crippen LogP contribution >= 0.6 is 0 Å². The Labute approximate surface area is 200 Å². The third kappa shape index (κ3) is 5.19. The average molecular weight is 476 g/mol. The van der Waals surface area contributed by atoms with Gasteiger partial charge in [0.1, 0.15) is 11.4 Å². The minimum atomic E-state index is -0.754. The number of nitrogens with zero attached hydrogens (tertiary/aromatic N) is 2. The number of rotatable bonds is 8. The van der Waals surface area contributed by atoms with Crippen LogP contribution in [0.3, 0.4) is 0 Å². The number of carbonyl (C=O) groups excluding carboxylic acids is 1. The molecule has 4 aromatic rings. The van der Waals surface area contributed by atoms with Crippen LogP contribution < -0.4 is 15.6 Å². The summed E-state index contributed by atoms with van der Waals surface area (Å²) in [6.45, 7) is 0.277. The third-order valence-corrected chi connectivity index (χ3v) is 5.78. The molecule has 180 valence electrons. The van der Waals surface area contributed by atoms with Gasteiger partial charge in [-0.1, -0.05) is 24.3 Å². The Balaban J connectivity index is 1.60. The molecule has 0 radical (unpaired) electrons. The van der Waals surface area contributed by atoms with E-state index in [0.717, 1.165) is 5.56 Å². The molecule has 2 aromatic carbocycles. The molecule has 0 aliphatic carbocycles. The molecular formula is C26H25N3O6. The van der Waals surface area contributed by atoms with Crippen LogP contribution in [0.4, 0.5) is 0 Å². The standard InChI is InChI=1S/C26H25N3O6/c1-35-18-8-6-17(7-9-18)19(24-25(33)28-22-4-2-3-13-29(22)26(24)34)15-23(32)27-12-11-16-5-10-20(30)21(31)14-16/h2-10,13-14,19,30-31,33H,11-12,15H2,1H3,(H,27,32)/t19-/m0/s1. The number of phenols is 2. The smallest absolute Gasteiger partial charge is 0.265 e. The fraction of sp³-hybridized carbons (Fsp3) is 0.192. The zero-order valence-electron chi connectivity index (χ0n) is 19.0. The first-order chi connectivity index (χ1) is 16.9. The summed E-state index contributed by atoms with van der Waals surface area (Å²) < 4.78 is 6.55. The number of hydrogen-bond donors (Lipinski definition) is 4. The molecule has 2 heterocycles. The van der Waals surface area contributed by atoms with Crippen LogP contribution in [0.1, 0.15) is 29.0 Å². The number of phenolic OH excluding ortho intramolecular Hbond substituents is 2. The zero-order chi connectivity index (χ0) is 24.9. The second kappa shape index (κ2) is 10.2. The number of amides is 1. The van der Waals surface area contributed by atoms with Gasteiger partial charge in [-0.3, -0.25) is 14.0 Å². The SMILES string of the molecule is COc1ccc([C@H](CC(=O)NCCc2ccc(O)c(O)c2)c2c(O)nc3ccccn3c2=O)cc1. The van der Waals surface area contributed by atoms with Gasteiger partial charge in [0.25, 0.3) is 5.56 Å². The molecule has 0 aliphatic rings. The molecule has 4 N–H and O–H groups in total. The summed E-state index contributed by atoms with van der Waals surface area (Å²) >= 11 is 0. The topological polar surface area (TPSA) is 133 Å². The van der Waals surface area contributed by atoms with Crippen molar-refractivity contribution in [1.29, 1.82) is 0 Å². The van der Waals surface area contributed by atoms with Crippen LogP contribution in [0.5, 0.6) is 23.1 Å². The van der Waals surface area contributed by atoms with Gasteiger partial charge >= 0.3 is 0 Å². The molecule has 0 fully saturated rings. The normalized spacial score (nSPS) is 11.8. The predicted octanol–water partition coefficient (Wildman–Crippen LogP) is 2.70. The number of aromatic hydroxyl groups is 3. The van der Waals surface area contributed by atoms with E-state index >= 15 is 0 Å². The van der Waals surface area contributed by atoms with E-state index in [1.165, 1.54) is 16.5 Å². The minimum absolute atomic E-state index is 0.0254. The number of benzene rings is 2. The van der Waals surface area contributed by atoms with Gasteiger partial charge in [0.2, 0.25) is 11.8 Å². The quantitative estimate of drug-likeness (QED) is 0.288. The van der Waals surface area contributed by atoms with Gasteiger partial charge in [0, 0.05) is 25.1 Å². The van der Waals surface area contributed by atoms with Crippen molar-refractivity contribution >= 4 is 11.6 Å². The first kappa shape index (κ1) is 23.6. The predicted molar refractivity (Wildman–Crippen MR) is 129 cm³/mol. The lowest BCUT2D eigenvalue weighted by Crippen LogP contribution is -2.30. The summed E-state index contributed by atoms with van der Waals surface area (Å²) in [6.07, 6.45) is 1.89. The lowest BCUT2D eigenvalue weighted by atomic mass is 9.89. The summed E-state index contributed by atoms with van der Waals surface area (Å²) in [5.41, 5.74) is 1.25. The van der Waals surface area contributed by atoms with Crippen LogP contribution in [0.2, 0.25) is 0 Å². The number of hydrogen-bond acceptors (Lipinski definition) is 7. The number of pyridine rings is 1. The van der Waals surface area contributed by atoms with Crippen molar-refractivity contribution in [2.75, 3.05) is 13.7 Å². The fourth-order valence-corrected chi connectivity index (χ4v) is 3.95. The number of methoxy groups -OCH3 is 1. The van der Waals surface area contributed by atoms with Gasteiger partial charge in [-0.05, 0) is 53.9 Å². The monoisotopic (exact) mass is 475 g/mol. The van der Waals surface area contributed by atoms with E-state index < -0.39 is 17.4 Å². The maximum atomic E-state index is 13.3. The molecule has 0 bridgehead atoms. The van der Waals surface area contributed by atoms with Gasteiger partial charge in [-0.2, -0.15) is 4.98 Å². The first-order valence-corrected chi connectivity index (χ1v) is 11.0. The lowest BCUT2D eigenvalue weighted by Gasteiger charge is -2.19. The number of carbonyl (C=O) groups is 1. The van der Waals surface area contributed by atoms with Gasteiger partial charge in [-0.15, -0.1) is 0 Å².